The third-order valence-corrected chi connectivity index (χ3v) is 8.05. The minimum absolute atomic E-state index is 0.260. The quantitative estimate of drug-likeness (QED) is 0.893. The van der Waals surface area contributed by atoms with E-state index >= 15 is 0 Å². The third-order valence-electron chi connectivity index (χ3n) is 4.44. The van der Waals surface area contributed by atoms with E-state index in [4.69, 9.17) is 11.6 Å². The summed E-state index contributed by atoms with van der Waals surface area (Å²) in [5.41, 5.74) is 1.12. The van der Waals surface area contributed by atoms with Gasteiger partial charge in [0.25, 0.3) is 10.0 Å². The molecule has 124 valence electrons. The molecule has 1 N–H and O–H groups in total. The molecule has 2 aromatic rings. The van der Waals surface area contributed by atoms with E-state index in [0.29, 0.717) is 17.3 Å². The fourth-order valence-corrected chi connectivity index (χ4v) is 5.92. The van der Waals surface area contributed by atoms with Crippen LogP contribution in [0.15, 0.2) is 46.0 Å². The van der Waals surface area contributed by atoms with Gasteiger partial charge in [-0.15, -0.1) is 11.3 Å². The van der Waals surface area contributed by atoms with Crippen LogP contribution in [0.2, 0.25) is 5.02 Å². The van der Waals surface area contributed by atoms with Crippen molar-refractivity contribution in [1.82, 2.24) is 4.31 Å². The normalized spacial score (nSPS) is 18.9. The predicted octanol–water partition coefficient (Wildman–Crippen LogP) is 2.05. The average Bonchev–Trinajstić information content (AvgIpc) is 3.10. The molecule has 0 radical (unpaired) electrons. The Labute approximate surface area is 146 Å². The average molecular weight is 372 g/mol. The fraction of sp³-hybridized carbons (Fsp3) is 0.375. The van der Waals surface area contributed by atoms with E-state index in [1.165, 1.54) is 16.2 Å². The Kier molecular flexibility index (Phi) is 5.08. The van der Waals surface area contributed by atoms with Crippen LogP contribution in [0.1, 0.15) is 18.5 Å². The highest BCUT2D eigenvalue weighted by atomic mass is 35.5. The maximum atomic E-state index is 12.6. The first-order valence-corrected chi connectivity index (χ1v) is 10.3. The van der Waals surface area contributed by atoms with Gasteiger partial charge in [0.2, 0.25) is 0 Å². The zero-order valence-electron chi connectivity index (χ0n) is 12.9. The first kappa shape index (κ1) is 16.9. The predicted molar refractivity (Wildman–Crippen MR) is 93.6 cm³/mol. The summed E-state index contributed by atoms with van der Waals surface area (Å²) >= 11 is 7.56. The van der Waals surface area contributed by atoms with Gasteiger partial charge < -0.3 is 4.90 Å². The summed E-state index contributed by atoms with van der Waals surface area (Å²) in [6.45, 7) is 4.82. The van der Waals surface area contributed by atoms with Crippen LogP contribution >= 0.6 is 22.9 Å². The zero-order valence-corrected chi connectivity index (χ0v) is 15.3. The molecule has 0 spiro atoms. The molecule has 0 unspecified atom stereocenters. The van der Waals surface area contributed by atoms with Gasteiger partial charge in [-0.1, -0.05) is 35.9 Å². The second-order valence-electron chi connectivity index (χ2n) is 5.74. The first-order chi connectivity index (χ1) is 11.0. The van der Waals surface area contributed by atoms with Crippen LogP contribution in [0.3, 0.4) is 0 Å². The number of nitrogens with zero attached hydrogens (tertiary/aromatic N) is 1. The number of halogens is 1. The molecule has 3 rings (SSSR count). The van der Waals surface area contributed by atoms with Crippen LogP contribution in [0.5, 0.6) is 0 Å². The molecule has 0 bridgehead atoms. The second-order valence-corrected chi connectivity index (χ2v) is 9.26. The number of thiophene rings is 1. The Morgan fingerprint density at radius 2 is 1.87 bits per heavy atom. The van der Waals surface area contributed by atoms with Gasteiger partial charge in [0.15, 0.2) is 0 Å². The monoisotopic (exact) mass is 371 g/mol. The van der Waals surface area contributed by atoms with Crippen molar-refractivity contribution in [3.63, 3.8) is 0 Å². The summed E-state index contributed by atoms with van der Waals surface area (Å²) in [7, 11) is -3.33. The Morgan fingerprint density at radius 1 is 1.17 bits per heavy atom. The van der Waals surface area contributed by atoms with Crippen molar-refractivity contribution in [1.29, 1.82) is 0 Å². The largest absolute Gasteiger partial charge is 0.327 e. The highest BCUT2D eigenvalue weighted by molar-refractivity contribution is 7.91. The van der Waals surface area contributed by atoms with E-state index in [9.17, 15) is 8.42 Å². The van der Waals surface area contributed by atoms with Gasteiger partial charge >= 0.3 is 0 Å². The van der Waals surface area contributed by atoms with Gasteiger partial charge in [-0.05, 0) is 24.4 Å². The molecule has 1 atom stereocenters. The van der Waals surface area contributed by atoms with E-state index in [1.54, 1.807) is 21.8 Å². The number of nitrogens with one attached hydrogen (secondary N) is 1. The zero-order chi connectivity index (χ0) is 16.4. The minimum atomic E-state index is -3.33. The lowest BCUT2D eigenvalue weighted by molar-refractivity contribution is -0.933. The summed E-state index contributed by atoms with van der Waals surface area (Å²) in [6.07, 6.45) is 0. The van der Waals surface area contributed by atoms with Crippen molar-refractivity contribution in [3.8, 4) is 0 Å². The van der Waals surface area contributed by atoms with Gasteiger partial charge in [-0.3, -0.25) is 0 Å². The van der Waals surface area contributed by atoms with Crippen molar-refractivity contribution >= 4 is 33.0 Å². The van der Waals surface area contributed by atoms with E-state index in [2.05, 4.69) is 13.0 Å². The number of hydrogen-bond donors (Lipinski definition) is 1. The number of sulfonamides is 1. The van der Waals surface area contributed by atoms with E-state index in [1.807, 2.05) is 18.2 Å². The number of hydrogen-bond acceptors (Lipinski definition) is 3. The highest BCUT2D eigenvalue weighted by Crippen LogP contribution is 2.22. The van der Waals surface area contributed by atoms with Crippen LogP contribution < -0.4 is 4.90 Å². The van der Waals surface area contributed by atoms with Gasteiger partial charge in [0.1, 0.15) is 10.3 Å². The molecule has 4 nitrogen and oxygen atoms in total. The van der Waals surface area contributed by atoms with Crippen molar-refractivity contribution in [2.75, 3.05) is 26.2 Å². The first-order valence-electron chi connectivity index (χ1n) is 7.63. The molecule has 2 heterocycles. The molecule has 1 aliphatic rings. The summed E-state index contributed by atoms with van der Waals surface area (Å²) in [4.78, 5) is 1.37. The van der Waals surface area contributed by atoms with Crippen LogP contribution in [0, 0.1) is 0 Å². The Morgan fingerprint density at radius 3 is 2.48 bits per heavy atom. The van der Waals surface area contributed by atoms with E-state index in [0.717, 1.165) is 23.7 Å². The lowest BCUT2D eigenvalue weighted by Gasteiger charge is -2.34. The van der Waals surface area contributed by atoms with Gasteiger partial charge in [0.05, 0.1) is 26.2 Å². The Balaban J connectivity index is 1.68. The maximum absolute atomic E-state index is 12.6. The smallest absolute Gasteiger partial charge is 0.252 e. The molecule has 1 aromatic carbocycles. The lowest BCUT2D eigenvalue weighted by Crippen LogP contribution is -3.14. The van der Waals surface area contributed by atoms with Gasteiger partial charge in [0, 0.05) is 10.6 Å². The SMILES string of the molecule is C[C@H](c1ccccc1Cl)[NH+]1CCN(S(=O)(=O)c2cccs2)CC1. The minimum Gasteiger partial charge on any atom is -0.327 e. The number of quaternary nitrogens is 1. The molecule has 23 heavy (non-hydrogen) atoms. The number of benzene rings is 1. The maximum Gasteiger partial charge on any atom is 0.252 e. The van der Waals surface area contributed by atoms with Crippen molar-refractivity contribution in [2.24, 2.45) is 0 Å². The van der Waals surface area contributed by atoms with E-state index in [-0.39, 0.29) is 6.04 Å². The molecule has 0 aliphatic carbocycles. The third kappa shape index (κ3) is 3.46. The number of piperazine rings is 1. The Hall–Kier alpha value is -0.920. The molecule has 7 heteroatoms. The summed E-state index contributed by atoms with van der Waals surface area (Å²) in [5.74, 6) is 0. The molecule has 0 amide bonds. The topological polar surface area (TPSA) is 41.8 Å². The molecular formula is C16H20ClN2O2S2+. The molecule has 1 saturated heterocycles. The summed E-state index contributed by atoms with van der Waals surface area (Å²) in [5, 5.41) is 2.58. The highest BCUT2D eigenvalue weighted by Gasteiger charge is 2.33. The van der Waals surface area contributed by atoms with E-state index < -0.39 is 10.0 Å². The van der Waals surface area contributed by atoms with Crippen LogP contribution in [-0.2, 0) is 10.0 Å². The Bertz CT molecular complexity index is 754. The fourth-order valence-electron chi connectivity index (χ4n) is 3.03. The molecule has 1 aromatic heterocycles. The molecule has 0 saturated carbocycles. The summed E-state index contributed by atoms with van der Waals surface area (Å²) in [6, 6.07) is 11.6. The van der Waals surface area contributed by atoms with Gasteiger partial charge in [-0.25, -0.2) is 8.42 Å². The van der Waals surface area contributed by atoms with Gasteiger partial charge in [-0.2, -0.15) is 4.31 Å². The van der Waals surface area contributed by atoms with Crippen LogP contribution in [0.25, 0.3) is 0 Å². The second kappa shape index (κ2) is 6.91. The molecule has 1 fully saturated rings. The number of rotatable bonds is 4. The molecule has 1 aliphatic heterocycles. The standard InChI is InChI=1S/C16H19ClN2O2S2/c1-13(14-5-2-3-6-15(14)17)18-8-10-19(11-9-18)23(20,21)16-7-4-12-22-16/h2-7,12-13H,8-11H2,1H3/p+1/t13-/m1/s1. The summed E-state index contributed by atoms with van der Waals surface area (Å²) < 4.78 is 27.1. The lowest BCUT2D eigenvalue weighted by atomic mass is 10.1. The van der Waals surface area contributed by atoms with Crippen LogP contribution in [-0.4, -0.2) is 38.9 Å². The van der Waals surface area contributed by atoms with Crippen molar-refractivity contribution in [3.05, 3.63) is 52.4 Å². The van der Waals surface area contributed by atoms with Crippen LogP contribution in [0.4, 0.5) is 0 Å². The van der Waals surface area contributed by atoms with Crippen molar-refractivity contribution in [2.45, 2.75) is 17.2 Å². The molecular weight excluding hydrogens is 352 g/mol. The van der Waals surface area contributed by atoms with Crippen molar-refractivity contribution < 1.29 is 13.3 Å².